The van der Waals surface area contributed by atoms with Crippen molar-refractivity contribution >= 4 is 56.7 Å². The number of nitrogens with one attached hydrogen (secondary N) is 2. The Morgan fingerprint density at radius 2 is 1.85 bits per heavy atom. The fraction of sp³-hybridized carbons (Fsp3) is 0.348. The van der Waals surface area contributed by atoms with Gasteiger partial charge in [0.25, 0.3) is 5.91 Å². The molecule has 2 amide bonds. The third-order valence-electron chi connectivity index (χ3n) is 6.76. The summed E-state index contributed by atoms with van der Waals surface area (Å²) < 4.78 is 44.4. The lowest BCUT2D eigenvalue weighted by Crippen LogP contribution is -2.40. The second-order valence-corrected chi connectivity index (χ2v) is 10.1. The van der Waals surface area contributed by atoms with E-state index in [1.54, 1.807) is 6.07 Å². The van der Waals surface area contributed by atoms with Gasteiger partial charge in [-0.2, -0.15) is 13.2 Å². The van der Waals surface area contributed by atoms with Crippen molar-refractivity contribution in [2.75, 3.05) is 10.6 Å². The highest BCUT2D eigenvalue weighted by Crippen LogP contribution is 2.60. The number of hydrogen-bond acceptors (Lipinski definition) is 4. The second kappa shape index (κ2) is 8.27. The number of halogens is 5. The van der Waals surface area contributed by atoms with Crippen LogP contribution < -0.4 is 10.6 Å². The Hall–Kier alpha value is -2.59. The van der Waals surface area contributed by atoms with E-state index in [1.807, 2.05) is 0 Å². The summed E-state index contributed by atoms with van der Waals surface area (Å²) in [6, 6.07) is 8.62. The van der Waals surface area contributed by atoms with Gasteiger partial charge in [0, 0.05) is 17.2 Å². The van der Waals surface area contributed by atoms with E-state index in [0.717, 1.165) is 24.6 Å². The van der Waals surface area contributed by atoms with Crippen LogP contribution >= 0.6 is 27.5 Å². The number of esters is 1. The fourth-order valence-electron chi connectivity index (χ4n) is 5.29. The highest BCUT2D eigenvalue weighted by molar-refractivity contribution is 9.09. The molecule has 5 rings (SSSR count). The van der Waals surface area contributed by atoms with Crippen molar-refractivity contribution in [2.45, 2.75) is 23.5 Å². The number of anilines is 2. The molecule has 0 radical (unpaired) electrons. The van der Waals surface area contributed by atoms with Crippen molar-refractivity contribution in [3.8, 4) is 0 Å². The SMILES string of the molecule is O=C(Nc1cc(C(F)(F)F)ccc1Cl)c1cccc(NC(=O)[C@@H]2[C@H]3C[C@H]4[C@H](OC(=O)[C@H]42)[C@@H]3Br)c1. The summed E-state index contributed by atoms with van der Waals surface area (Å²) in [7, 11) is 0. The summed E-state index contributed by atoms with van der Waals surface area (Å²) in [5.74, 6) is -2.41. The third kappa shape index (κ3) is 3.86. The topological polar surface area (TPSA) is 84.5 Å². The summed E-state index contributed by atoms with van der Waals surface area (Å²) in [4.78, 5) is 38.0. The van der Waals surface area contributed by atoms with Crippen molar-refractivity contribution in [1.82, 2.24) is 0 Å². The van der Waals surface area contributed by atoms with Crippen LogP contribution in [0.15, 0.2) is 42.5 Å². The summed E-state index contributed by atoms with van der Waals surface area (Å²) in [5.41, 5.74) is -0.699. The molecule has 2 bridgehead atoms. The first-order valence-corrected chi connectivity index (χ1v) is 11.8. The number of amides is 2. The predicted octanol–water partition coefficient (Wildman–Crippen LogP) is 5.12. The molecular formula is C23H17BrClF3N2O4. The van der Waals surface area contributed by atoms with Gasteiger partial charge in [0.2, 0.25) is 5.91 Å². The van der Waals surface area contributed by atoms with Gasteiger partial charge in [-0.15, -0.1) is 0 Å². The van der Waals surface area contributed by atoms with Gasteiger partial charge in [0.1, 0.15) is 6.10 Å². The van der Waals surface area contributed by atoms with Gasteiger partial charge in [-0.3, -0.25) is 14.4 Å². The minimum Gasteiger partial charge on any atom is -0.461 e. The van der Waals surface area contributed by atoms with Crippen molar-refractivity contribution in [3.05, 3.63) is 58.6 Å². The fourth-order valence-corrected chi connectivity index (χ4v) is 6.50. The first kappa shape index (κ1) is 23.2. The van der Waals surface area contributed by atoms with E-state index >= 15 is 0 Å². The summed E-state index contributed by atoms with van der Waals surface area (Å²) in [6.45, 7) is 0. The molecule has 2 aromatic carbocycles. The van der Waals surface area contributed by atoms with Crippen molar-refractivity contribution in [1.29, 1.82) is 0 Å². The third-order valence-corrected chi connectivity index (χ3v) is 8.29. The molecule has 0 spiro atoms. The van der Waals surface area contributed by atoms with Crippen LogP contribution in [0.3, 0.4) is 0 Å². The first-order chi connectivity index (χ1) is 16.0. The molecule has 1 aliphatic heterocycles. The zero-order valence-electron chi connectivity index (χ0n) is 17.2. The van der Waals surface area contributed by atoms with Crippen LogP contribution in [0.5, 0.6) is 0 Å². The molecule has 6 atom stereocenters. The van der Waals surface area contributed by atoms with E-state index in [2.05, 4.69) is 26.6 Å². The van der Waals surface area contributed by atoms with Crippen molar-refractivity contribution in [2.24, 2.45) is 23.7 Å². The molecule has 2 aromatic rings. The minimum atomic E-state index is -4.59. The zero-order chi connectivity index (χ0) is 24.4. The van der Waals surface area contributed by atoms with Gasteiger partial charge < -0.3 is 15.4 Å². The smallest absolute Gasteiger partial charge is 0.416 e. The molecule has 34 heavy (non-hydrogen) atoms. The Bertz CT molecular complexity index is 1210. The summed E-state index contributed by atoms with van der Waals surface area (Å²) >= 11 is 9.52. The van der Waals surface area contributed by atoms with Crippen LogP contribution in [-0.4, -0.2) is 28.7 Å². The van der Waals surface area contributed by atoms with E-state index in [9.17, 15) is 27.6 Å². The largest absolute Gasteiger partial charge is 0.461 e. The van der Waals surface area contributed by atoms with Gasteiger partial charge >= 0.3 is 12.1 Å². The zero-order valence-corrected chi connectivity index (χ0v) is 19.6. The predicted molar refractivity (Wildman–Crippen MR) is 121 cm³/mol. The number of alkyl halides is 4. The van der Waals surface area contributed by atoms with E-state index in [1.165, 1.54) is 18.2 Å². The van der Waals surface area contributed by atoms with Crippen LogP contribution in [0.4, 0.5) is 24.5 Å². The molecule has 3 aliphatic rings. The monoisotopic (exact) mass is 556 g/mol. The number of benzene rings is 2. The normalized spacial score (nSPS) is 29.1. The van der Waals surface area contributed by atoms with Crippen LogP contribution in [0.25, 0.3) is 0 Å². The lowest BCUT2D eigenvalue weighted by Gasteiger charge is -2.27. The average Bonchev–Trinajstić information content (AvgIpc) is 3.39. The summed E-state index contributed by atoms with van der Waals surface area (Å²) in [5, 5.41) is 5.10. The van der Waals surface area contributed by atoms with Gasteiger partial charge in [0.05, 0.1) is 32.9 Å². The molecule has 2 N–H and O–H groups in total. The minimum absolute atomic E-state index is 0.0203. The van der Waals surface area contributed by atoms with E-state index in [0.29, 0.717) is 5.69 Å². The first-order valence-electron chi connectivity index (χ1n) is 10.5. The number of hydrogen-bond donors (Lipinski definition) is 2. The Kier molecular flexibility index (Phi) is 5.63. The van der Waals surface area contributed by atoms with E-state index in [-0.39, 0.29) is 50.9 Å². The Labute approximate surface area is 205 Å². The van der Waals surface area contributed by atoms with Gasteiger partial charge in [-0.1, -0.05) is 33.6 Å². The molecule has 1 heterocycles. The van der Waals surface area contributed by atoms with Gasteiger partial charge in [0.15, 0.2) is 0 Å². The lowest BCUT2D eigenvalue weighted by atomic mass is 9.79. The Balaban J connectivity index is 1.31. The lowest BCUT2D eigenvalue weighted by molar-refractivity contribution is -0.145. The van der Waals surface area contributed by atoms with E-state index < -0.39 is 29.5 Å². The van der Waals surface area contributed by atoms with Crippen molar-refractivity contribution in [3.63, 3.8) is 0 Å². The molecule has 3 fully saturated rings. The van der Waals surface area contributed by atoms with Crippen LogP contribution in [0.1, 0.15) is 22.3 Å². The maximum Gasteiger partial charge on any atom is 0.416 e. The number of fused-ring (bicyclic) bond motifs is 1. The quantitative estimate of drug-likeness (QED) is 0.404. The van der Waals surface area contributed by atoms with E-state index in [4.69, 9.17) is 16.3 Å². The summed E-state index contributed by atoms with van der Waals surface area (Å²) in [6.07, 6.45) is -4.05. The van der Waals surface area contributed by atoms with Crippen molar-refractivity contribution < 1.29 is 32.3 Å². The molecule has 11 heteroatoms. The molecule has 0 aromatic heterocycles. The maximum absolute atomic E-state index is 13.1. The number of carbonyl (C=O) groups excluding carboxylic acids is 3. The number of ether oxygens (including phenoxy) is 1. The standard InChI is InChI=1S/C23H17BrClF3N2O4/c24-18-12-8-13-17(22(33)34-19(13)18)16(12)21(32)29-11-3-1-2-9(6-11)20(31)30-15-7-10(23(26,27)28)4-5-14(15)25/h1-7,12-13,16-19H,8H2,(H,29,32)(H,30,31)/t12-,13-,16-,17-,18-,19+/m1/s1. The number of rotatable bonds is 4. The maximum atomic E-state index is 13.1. The molecule has 0 unspecified atom stereocenters. The average molecular weight is 558 g/mol. The number of carbonyl (C=O) groups is 3. The molecule has 2 aliphatic carbocycles. The van der Waals surface area contributed by atoms with Crippen LogP contribution in [0.2, 0.25) is 5.02 Å². The molecule has 6 nitrogen and oxygen atoms in total. The highest BCUT2D eigenvalue weighted by Gasteiger charge is 2.67. The highest BCUT2D eigenvalue weighted by atomic mass is 79.9. The molecule has 178 valence electrons. The molecule has 2 saturated carbocycles. The van der Waals surface area contributed by atoms with Gasteiger partial charge in [-0.05, 0) is 48.7 Å². The van der Waals surface area contributed by atoms with Gasteiger partial charge in [-0.25, -0.2) is 0 Å². The Morgan fingerprint density at radius 1 is 1.09 bits per heavy atom. The van der Waals surface area contributed by atoms with Crippen LogP contribution in [-0.2, 0) is 20.5 Å². The second-order valence-electron chi connectivity index (χ2n) is 8.68. The molecule has 1 saturated heterocycles. The van der Waals surface area contributed by atoms with Crippen LogP contribution in [0, 0.1) is 23.7 Å². The Morgan fingerprint density at radius 3 is 2.59 bits per heavy atom. The molecular weight excluding hydrogens is 541 g/mol.